The second-order valence-corrected chi connectivity index (χ2v) is 5.06. The number of aliphatic carboxylic acids is 1. The van der Waals surface area contributed by atoms with E-state index in [1.807, 2.05) is 6.92 Å². The summed E-state index contributed by atoms with van der Waals surface area (Å²) in [5, 5.41) is 11.7. The van der Waals surface area contributed by atoms with Crippen LogP contribution in [0, 0.1) is 12.7 Å². The number of methoxy groups -OCH3 is 1. The summed E-state index contributed by atoms with van der Waals surface area (Å²) in [5.41, 5.74) is 1.30. The lowest BCUT2D eigenvalue weighted by Crippen LogP contribution is -2.34. The summed E-state index contributed by atoms with van der Waals surface area (Å²) in [6.45, 7) is 1.82. The molecule has 0 fully saturated rings. The molecule has 6 nitrogen and oxygen atoms in total. The van der Waals surface area contributed by atoms with Gasteiger partial charge in [0, 0.05) is 12.7 Å². The Morgan fingerprint density at radius 2 is 2.00 bits per heavy atom. The van der Waals surface area contributed by atoms with Crippen LogP contribution in [0.1, 0.15) is 27.8 Å². The van der Waals surface area contributed by atoms with Gasteiger partial charge in [0.1, 0.15) is 5.69 Å². The van der Waals surface area contributed by atoms with Gasteiger partial charge < -0.3 is 19.7 Å². The third-order valence-electron chi connectivity index (χ3n) is 3.64. The maximum Gasteiger partial charge on any atom is 0.330 e. The van der Waals surface area contributed by atoms with Crippen molar-refractivity contribution < 1.29 is 23.8 Å². The van der Waals surface area contributed by atoms with Gasteiger partial charge >= 0.3 is 5.97 Å². The highest BCUT2D eigenvalue weighted by Gasteiger charge is 2.25. The van der Waals surface area contributed by atoms with E-state index in [-0.39, 0.29) is 11.3 Å². The summed E-state index contributed by atoms with van der Waals surface area (Å²) in [6.07, 6.45) is 0. The van der Waals surface area contributed by atoms with Gasteiger partial charge in [-0.1, -0.05) is 6.07 Å². The standard InChI is InChI=1S/C16H17FN2O4/c1-9-4-6-12(19(9)2)15(20)18-14(16(21)22)10-5-7-13(23-3)11(17)8-10/h4-8,14H,1-3H3,(H,18,20)(H,21,22). The quantitative estimate of drug-likeness (QED) is 0.883. The Labute approximate surface area is 132 Å². The number of aryl methyl sites for hydroxylation is 1. The van der Waals surface area contributed by atoms with Crippen molar-refractivity contribution in [3.05, 3.63) is 53.1 Å². The monoisotopic (exact) mass is 320 g/mol. The molecular formula is C16H17FN2O4. The van der Waals surface area contributed by atoms with Gasteiger partial charge in [-0.15, -0.1) is 0 Å². The summed E-state index contributed by atoms with van der Waals surface area (Å²) >= 11 is 0. The molecule has 2 aromatic rings. The summed E-state index contributed by atoms with van der Waals surface area (Å²) in [6, 6.07) is 5.74. The van der Waals surface area contributed by atoms with Crippen LogP contribution in [0.4, 0.5) is 4.39 Å². The lowest BCUT2D eigenvalue weighted by atomic mass is 10.1. The molecule has 0 spiro atoms. The van der Waals surface area contributed by atoms with Gasteiger partial charge in [0.05, 0.1) is 7.11 Å². The Morgan fingerprint density at radius 3 is 2.48 bits per heavy atom. The lowest BCUT2D eigenvalue weighted by molar-refractivity contribution is -0.139. The fourth-order valence-electron chi connectivity index (χ4n) is 2.20. The van der Waals surface area contributed by atoms with Crippen LogP contribution in [0.3, 0.4) is 0 Å². The highest BCUT2D eigenvalue weighted by atomic mass is 19.1. The second-order valence-electron chi connectivity index (χ2n) is 5.06. The van der Waals surface area contributed by atoms with E-state index in [4.69, 9.17) is 4.74 Å². The molecule has 2 N–H and O–H groups in total. The van der Waals surface area contributed by atoms with Crippen LogP contribution in [-0.4, -0.2) is 28.7 Å². The zero-order chi connectivity index (χ0) is 17.1. The number of hydrogen-bond donors (Lipinski definition) is 2. The summed E-state index contributed by atoms with van der Waals surface area (Å²) in [7, 11) is 3.01. The second kappa shape index (κ2) is 6.51. The zero-order valence-corrected chi connectivity index (χ0v) is 13.0. The lowest BCUT2D eigenvalue weighted by Gasteiger charge is -2.16. The average molecular weight is 320 g/mol. The molecule has 7 heteroatoms. The van der Waals surface area contributed by atoms with Crippen molar-refractivity contribution in [3.8, 4) is 5.75 Å². The number of amides is 1. The molecule has 0 saturated carbocycles. The van der Waals surface area contributed by atoms with Crippen LogP contribution in [0.5, 0.6) is 5.75 Å². The van der Waals surface area contributed by atoms with Crippen LogP contribution in [0.25, 0.3) is 0 Å². The molecule has 23 heavy (non-hydrogen) atoms. The van der Waals surface area contributed by atoms with E-state index in [2.05, 4.69) is 5.32 Å². The van der Waals surface area contributed by atoms with E-state index in [1.54, 1.807) is 23.7 Å². The molecule has 1 atom stereocenters. The van der Waals surface area contributed by atoms with E-state index in [0.717, 1.165) is 11.8 Å². The van der Waals surface area contributed by atoms with Crippen molar-refractivity contribution in [1.29, 1.82) is 0 Å². The smallest absolute Gasteiger partial charge is 0.330 e. The van der Waals surface area contributed by atoms with Crippen LogP contribution in [0.15, 0.2) is 30.3 Å². The number of carboxylic acids is 1. The Balaban J connectivity index is 2.29. The minimum Gasteiger partial charge on any atom is -0.494 e. The minimum absolute atomic E-state index is 0.00211. The molecule has 0 aliphatic carbocycles. The Bertz CT molecular complexity index is 755. The predicted octanol–water partition coefficient (Wildman–Crippen LogP) is 2.04. The number of nitrogens with zero attached hydrogens (tertiary/aromatic N) is 1. The SMILES string of the molecule is COc1ccc(C(NC(=O)c2ccc(C)n2C)C(=O)O)cc1F. The van der Waals surface area contributed by atoms with E-state index in [9.17, 15) is 19.1 Å². The number of carboxylic acid groups (broad SMARTS) is 1. The summed E-state index contributed by atoms with van der Waals surface area (Å²) in [5.74, 6) is -2.53. The van der Waals surface area contributed by atoms with Gasteiger partial charge in [-0.2, -0.15) is 0 Å². The average Bonchev–Trinajstić information content (AvgIpc) is 2.84. The zero-order valence-electron chi connectivity index (χ0n) is 13.0. The van der Waals surface area contributed by atoms with Gasteiger partial charge in [-0.3, -0.25) is 4.79 Å². The molecule has 1 unspecified atom stereocenters. The van der Waals surface area contributed by atoms with Crippen LogP contribution in [-0.2, 0) is 11.8 Å². The van der Waals surface area contributed by atoms with Gasteiger partial charge in [0.2, 0.25) is 0 Å². The molecule has 1 heterocycles. The van der Waals surface area contributed by atoms with Gasteiger partial charge in [0.25, 0.3) is 5.91 Å². The first-order valence-electron chi connectivity index (χ1n) is 6.84. The maximum atomic E-state index is 13.8. The van der Waals surface area contributed by atoms with Gasteiger partial charge in [-0.25, -0.2) is 9.18 Å². The first-order valence-corrected chi connectivity index (χ1v) is 6.84. The molecule has 0 radical (unpaired) electrons. The third-order valence-corrected chi connectivity index (χ3v) is 3.64. The third kappa shape index (κ3) is 3.33. The fraction of sp³-hybridized carbons (Fsp3) is 0.250. The number of nitrogens with one attached hydrogen (secondary N) is 1. The number of ether oxygens (including phenoxy) is 1. The minimum atomic E-state index is -1.36. The van der Waals surface area contributed by atoms with Crippen LogP contribution >= 0.6 is 0 Å². The number of aromatic nitrogens is 1. The van der Waals surface area contributed by atoms with E-state index in [0.29, 0.717) is 5.69 Å². The summed E-state index contributed by atoms with van der Waals surface area (Å²) < 4.78 is 20.2. The number of rotatable bonds is 5. The topological polar surface area (TPSA) is 80.6 Å². The highest BCUT2D eigenvalue weighted by Crippen LogP contribution is 2.22. The maximum absolute atomic E-state index is 13.8. The highest BCUT2D eigenvalue weighted by molar-refractivity contribution is 5.95. The van der Waals surface area contributed by atoms with Crippen molar-refractivity contribution >= 4 is 11.9 Å². The molecule has 2 rings (SSSR count). The van der Waals surface area contributed by atoms with Crippen LogP contribution in [0.2, 0.25) is 0 Å². The molecule has 0 aliphatic heterocycles. The number of benzene rings is 1. The summed E-state index contributed by atoms with van der Waals surface area (Å²) in [4.78, 5) is 23.7. The fourth-order valence-corrected chi connectivity index (χ4v) is 2.20. The van der Waals surface area contributed by atoms with Crippen molar-refractivity contribution in [2.75, 3.05) is 7.11 Å². The van der Waals surface area contributed by atoms with Crippen molar-refractivity contribution in [3.63, 3.8) is 0 Å². The van der Waals surface area contributed by atoms with Crippen LogP contribution < -0.4 is 10.1 Å². The molecule has 0 saturated heterocycles. The van der Waals surface area contributed by atoms with Crippen molar-refractivity contribution in [1.82, 2.24) is 9.88 Å². The Morgan fingerprint density at radius 1 is 1.30 bits per heavy atom. The van der Waals surface area contributed by atoms with E-state index >= 15 is 0 Å². The van der Waals surface area contributed by atoms with Gasteiger partial charge in [0.15, 0.2) is 17.6 Å². The van der Waals surface area contributed by atoms with Crippen molar-refractivity contribution in [2.45, 2.75) is 13.0 Å². The largest absolute Gasteiger partial charge is 0.494 e. The molecule has 1 aromatic heterocycles. The number of halogens is 1. The van der Waals surface area contributed by atoms with Gasteiger partial charge in [-0.05, 0) is 36.8 Å². The first-order chi connectivity index (χ1) is 10.8. The number of hydrogen-bond acceptors (Lipinski definition) is 3. The normalized spacial score (nSPS) is 11.8. The molecule has 122 valence electrons. The van der Waals surface area contributed by atoms with E-state index in [1.165, 1.54) is 19.2 Å². The Kier molecular flexibility index (Phi) is 4.68. The molecule has 1 aromatic carbocycles. The molecular weight excluding hydrogens is 303 g/mol. The molecule has 1 amide bonds. The number of carbonyl (C=O) groups is 2. The number of carbonyl (C=O) groups excluding carboxylic acids is 1. The van der Waals surface area contributed by atoms with E-state index < -0.39 is 23.7 Å². The van der Waals surface area contributed by atoms with Crippen molar-refractivity contribution in [2.24, 2.45) is 7.05 Å². The Hall–Kier alpha value is -2.83. The molecule has 0 aliphatic rings. The predicted molar refractivity (Wildman–Crippen MR) is 80.9 cm³/mol. The molecule has 0 bridgehead atoms. The first kappa shape index (κ1) is 16.5.